The van der Waals surface area contributed by atoms with Gasteiger partial charge in [-0.05, 0) is 0 Å². The highest BCUT2D eigenvalue weighted by molar-refractivity contribution is 5.94. The summed E-state index contributed by atoms with van der Waals surface area (Å²) in [6.45, 7) is 4.80. The van der Waals surface area contributed by atoms with Crippen molar-refractivity contribution in [2.45, 2.75) is 19.9 Å². The van der Waals surface area contributed by atoms with E-state index in [-0.39, 0.29) is 23.0 Å². The first-order valence-electron chi connectivity index (χ1n) is 6.63. The number of nitrogens with zero attached hydrogens (tertiary/aromatic N) is 4. The standard InChI is InChI=1S/C13H20N4O3/c1-9(2)6-17(11-5-15(3)8-14-11)7-10(12(18)19)16(4)13(17)20/h5,8-10H,6-7H2,1-4H3/p+1. The third kappa shape index (κ3) is 2.18. The number of rotatable bonds is 4. The van der Waals surface area contributed by atoms with Gasteiger partial charge in [-0.1, -0.05) is 13.8 Å². The second-order valence-electron chi connectivity index (χ2n) is 5.87. The van der Waals surface area contributed by atoms with Crippen molar-refractivity contribution in [3.05, 3.63) is 12.5 Å². The molecule has 0 bridgehead atoms. The lowest BCUT2D eigenvalue weighted by Gasteiger charge is -2.29. The lowest BCUT2D eigenvalue weighted by atomic mass is 10.1. The number of aliphatic carboxylic acids is 1. The summed E-state index contributed by atoms with van der Waals surface area (Å²) in [5.74, 6) is -0.107. The van der Waals surface area contributed by atoms with Crippen molar-refractivity contribution >= 4 is 17.8 Å². The van der Waals surface area contributed by atoms with Crippen LogP contribution in [-0.2, 0) is 11.8 Å². The van der Waals surface area contributed by atoms with Crippen molar-refractivity contribution in [2.24, 2.45) is 13.0 Å². The van der Waals surface area contributed by atoms with E-state index < -0.39 is 12.0 Å². The number of aromatic nitrogens is 2. The molecule has 7 nitrogen and oxygen atoms in total. The maximum atomic E-state index is 12.7. The van der Waals surface area contributed by atoms with E-state index in [4.69, 9.17) is 0 Å². The van der Waals surface area contributed by atoms with Crippen LogP contribution >= 0.6 is 0 Å². The van der Waals surface area contributed by atoms with Gasteiger partial charge in [0.15, 0.2) is 6.04 Å². The molecule has 1 saturated heterocycles. The number of hydrogen-bond donors (Lipinski definition) is 1. The van der Waals surface area contributed by atoms with E-state index in [2.05, 4.69) is 4.98 Å². The van der Waals surface area contributed by atoms with E-state index in [9.17, 15) is 14.7 Å². The smallest absolute Gasteiger partial charge is 0.426 e. The fourth-order valence-electron chi connectivity index (χ4n) is 2.86. The summed E-state index contributed by atoms with van der Waals surface area (Å²) in [5.41, 5.74) is 0. The van der Waals surface area contributed by atoms with Gasteiger partial charge in [0.25, 0.3) is 5.82 Å². The first-order chi connectivity index (χ1) is 9.28. The van der Waals surface area contributed by atoms with Crippen LogP contribution in [0, 0.1) is 5.92 Å². The molecule has 2 amide bonds. The minimum atomic E-state index is -0.972. The molecule has 0 aliphatic carbocycles. The van der Waals surface area contributed by atoms with Gasteiger partial charge in [-0.2, -0.15) is 9.47 Å². The Balaban J connectivity index is 2.48. The summed E-state index contributed by atoms with van der Waals surface area (Å²) < 4.78 is 1.75. The molecule has 20 heavy (non-hydrogen) atoms. The van der Waals surface area contributed by atoms with E-state index >= 15 is 0 Å². The van der Waals surface area contributed by atoms with E-state index in [0.717, 1.165) is 0 Å². The fourth-order valence-corrected chi connectivity index (χ4v) is 2.86. The molecule has 110 valence electrons. The fraction of sp³-hybridized carbons (Fsp3) is 0.615. The SMILES string of the molecule is CC(C)C[N+]1(c2cn(C)cn2)CC(C(=O)O)N(C)C1=O. The molecule has 1 aliphatic heterocycles. The second kappa shape index (κ2) is 4.90. The number of carboxylic acid groups (broad SMARTS) is 1. The van der Waals surface area contributed by atoms with Crippen LogP contribution in [0.2, 0.25) is 0 Å². The maximum absolute atomic E-state index is 12.7. The summed E-state index contributed by atoms with van der Waals surface area (Å²) in [6, 6.07) is -1.01. The first-order valence-corrected chi connectivity index (χ1v) is 6.63. The third-order valence-corrected chi connectivity index (χ3v) is 3.71. The predicted octanol–water partition coefficient (Wildman–Crippen LogP) is 0.902. The predicted molar refractivity (Wildman–Crippen MR) is 74.2 cm³/mol. The number of carbonyl (C=O) groups is 2. The maximum Gasteiger partial charge on any atom is 0.426 e. The topological polar surface area (TPSA) is 75.4 Å². The van der Waals surface area contributed by atoms with Gasteiger partial charge in [0.05, 0.1) is 12.7 Å². The van der Waals surface area contributed by atoms with Gasteiger partial charge >= 0.3 is 12.0 Å². The number of hydrogen-bond acceptors (Lipinski definition) is 3. The Morgan fingerprint density at radius 1 is 1.55 bits per heavy atom. The Hall–Kier alpha value is -1.89. The summed E-state index contributed by atoms with van der Waals surface area (Å²) in [6.07, 6.45) is 3.43. The van der Waals surface area contributed by atoms with Gasteiger partial charge in [-0.15, -0.1) is 0 Å². The van der Waals surface area contributed by atoms with Crippen molar-refractivity contribution in [2.75, 3.05) is 20.1 Å². The molecule has 7 heteroatoms. The largest absolute Gasteiger partial charge is 0.480 e. The monoisotopic (exact) mass is 281 g/mol. The van der Waals surface area contributed by atoms with Gasteiger partial charge in [0, 0.05) is 20.0 Å². The van der Waals surface area contributed by atoms with Gasteiger partial charge in [0.2, 0.25) is 0 Å². The van der Waals surface area contributed by atoms with Crippen LogP contribution in [0.4, 0.5) is 10.6 Å². The average Bonchev–Trinajstić information content (AvgIpc) is 2.87. The number of carbonyl (C=O) groups excluding carboxylic acids is 1. The molecule has 1 fully saturated rings. The molecule has 1 aliphatic rings. The van der Waals surface area contributed by atoms with Crippen LogP contribution in [0.3, 0.4) is 0 Å². The molecule has 1 aromatic heterocycles. The Morgan fingerprint density at radius 2 is 2.20 bits per heavy atom. The number of likely N-dealkylation sites (N-methyl/N-ethyl adjacent to an activating group) is 1. The van der Waals surface area contributed by atoms with Gasteiger partial charge in [-0.3, -0.25) is 4.90 Å². The van der Waals surface area contributed by atoms with E-state index in [1.165, 1.54) is 4.90 Å². The quantitative estimate of drug-likeness (QED) is 0.832. The zero-order valence-electron chi connectivity index (χ0n) is 12.3. The Bertz CT molecular complexity index is 539. The highest BCUT2D eigenvalue weighted by Crippen LogP contribution is 2.31. The van der Waals surface area contributed by atoms with Crippen LogP contribution < -0.4 is 4.48 Å². The molecule has 1 N–H and O–H groups in total. The highest BCUT2D eigenvalue weighted by Gasteiger charge is 2.56. The lowest BCUT2D eigenvalue weighted by Crippen LogP contribution is -2.54. The Kier molecular flexibility index (Phi) is 3.56. The number of urea groups is 1. The number of carboxylic acids is 1. The average molecular weight is 281 g/mol. The number of aryl methyl sites for hydroxylation is 1. The van der Waals surface area contributed by atoms with Gasteiger partial charge in [0.1, 0.15) is 12.9 Å². The van der Waals surface area contributed by atoms with E-state index in [1.54, 1.807) is 24.1 Å². The molecular formula is C13H21N4O3+. The van der Waals surface area contributed by atoms with Crippen LogP contribution in [-0.4, -0.2) is 57.7 Å². The summed E-state index contributed by atoms with van der Waals surface area (Å²) >= 11 is 0. The molecule has 2 unspecified atom stereocenters. The van der Waals surface area contributed by atoms with Crippen LogP contribution in [0.5, 0.6) is 0 Å². The molecule has 0 spiro atoms. The molecule has 1 aromatic rings. The minimum Gasteiger partial charge on any atom is -0.480 e. The van der Waals surface area contributed by atoms with E-state index in [1.807, 2.05) is 20.9 Å². The second-order valence-corrected chi connectivity index (χ2v) is 5.87. The normalized spacial score (nSPS) is 26.6. The molecule has 2 heterocycles. The summed E-state index contributed by atoms with van der Waals surface area (Å²) in [7, 11) is 3.38. The van der Waals surface area contributed by atoms with Crippen LogP contribution in [0.15, 0.2) is 12.5 Å². The van der Waals surface area contributed by atoms with Gasteiger partial charge in [-0.25, -0.2) is 9.59 Å². The molecule has 0 radical (unpaired) electrons. The van der Waals surface area contributed by atoms with Crippen LogP contribution in [0.1, 0.15) is 13.8 Å². The van der Waals surface area contributed by atoms with Crippen LogP contribution in [0.25, 0.3) is 0 Å². The van der Waals surface area contributed by atoms with Crippen molar-refractivity contribution in [3.63, 3.8) is 0 Å². The van der Waals surface area contributed by atoms with E-state index in [0.29, 0.717) is 12.4 Å². The van der Waals surface area contributed by atoms with Crippen molar-refractivity contribution in [3.8, 4) is 0 Å². The summed E-state index contributed by atoms with van der Waals surface area (Å²) in [5, 5.41) is 9.29. The molecule has 2 rings (SSSR count). The molecule has 0 aromatic carbocycles. The first kappa shape index (κ1) is 14.5. The Labute approximate surface area is 118 Å². The van der Waals surface area contributed by atoms with Crippen molar-refractivity contribution < 1.29 is 14.7 Å². The van der Waals surface area contributed by atoms with Gasteiger partial charge < -0.3 is 9.67 Å². The molecule has 2 atom stereocenters. The number of imidazole rings is 1. The molecular weight excluding hydrogens is 260 g/mol. The number of quaternary nitrogens is 1. The summed E-state index contributed by atoms with van der Waals surface area (Å²) in [4.78, 5) is 29.6. The Morgan fingerprint density at radius 3 is 2.60 bits per heavy atom. The minimum absolute atomic E-state index is 0.0219. The number of amides is 2. The van der Waals surface area contributed by atoms with Crippen molar-refractivity contribution in [1.29, 1.82) is 0 Å². The zero-order chi connectivity index (χ0) is 15.1. The van der Waals surface area contributed by atoms with Crippen molar-refractivity contribution in [1.82, 2.24) is 18.9 Å². The zero-order valence-corrected chi connectivity index (χ0v) is 12.3. The lowest BCUT2D eigenvalue weighted by molar-refractivity contribution is -0.140. The molecule has 0 saturated carbocycles. The third-order valence-electron chi connectivity index (χ3n) is 3.71. The highest BCUT2D eigenvalue weighted by atomic mass is 16.4.